The average molecular weight is 1710 g/mol. The lowest BCUT2D eigenvalue weighted by Crippen LogP contribution is -2.49. The van der Waals surface area contributed by atoms with Crippen molar-refractivity contribution in [3.05, 3.63) is 272 Å². The maximum absolute atomic E-state index is 12.7. The van der Waals surface area contributed by atoms with E-state index >= 15 is 0 Å². The van der Waals surface area contributed by atoms with Crippen LogP contribution in [-0.2, 0) is 38.5 Å². The van der Waals surface area contributed by atoms with Crippen LogP contribution in [0.3, 0.4) is 0 Å². The lowest BCUT2D eigenvalue weighted by molar-refractivity contribution is 0.0560. The van der Waals surface area contributed by atoms with Crippen molar-refractivity contribution in [2.75, 3.05) is 97.4 Å². The number of amides is 6. The number of fused-ring (bicyclic) bond motifs is 6. The standard InChI is InChI=1S/C20H20FNO2.C18H24FNO2.2C17H22FNO2.C14H16FNO2.C13H15FN2O2/c1-2-15(13-21)14-24-18-8-9-19-16(12-18)10-11-22(20(19)23)17-6-4-3-5-7-17;1-5-13(11-19)12-22-15-6-7-16-14(10-15)8-9-20(17(16)21)18(2,3)4;1-4-13(10-18)11-21-15-5-6-16-14(9-15)7-8-19(12(2)3)17(16)20;1-3-13(11-18)12-21-15-7-8-16-14(10-15)6-5-9-19(4-2)17(16)20;1-10(8-15)9-18-12-3-4-13-11(7-12)5-6-16(2)14(13)17;1-2-9(6-14)8-18-11-5-10-3-4-15-13(17)12(10)16-7-11/h3-9,12-13H,2,10-11,14H2,1H3;6-7,10-11H,5,8-9,12H2,1-4H3;5-6,9-10,12H,4,7-8,11H2,1-3H3;7-8,10-11H,3-6,9,12H2,1-2H3;3-4,7-8H,5-6,9H2,1-2H3;5-7H,2-4,8H2,1H3,(H,15,17)/b;13-11+;13-10+;;10-8+;9-6+. The first-order chi connectivity index (χ1) is 59.7. The summed E-state index contributed by atoms with van der Waals surface area (Å²) >= 11 is 0. The summed E-state index contributed by atoms with van der Waals surface area (Å²) in [6.45, 7) is 29.6. The van der Waals surface area contributed by atoms with Crippen LogP contribution < -0.4 is 38.6 Å². The zero-order valence-electron chi connectivity index (χ0n) is 73.8. The molecule has 0 saturated carbocycles. The molecule has 7 aromatic rings. The number of hydrogen-bond donors (Lipinski definition) is 1. The van der Waals surface area contributed by atoms with Gasteiger partial charge in [0.2, 0.25) is 0 Å². The van der Waals surface area contributed by atoms with E-state index in [0.29, 0.717) is 169 Å². The number of benzene rings is 6. The van der Waals surface area contributed by atoms with Crippen molar-refractivity contribution in [1.82, 2.24) is 29.9 Å². The van der Waals surface area contributed by atoms with Crippen molar-refractivity contribution in [2.45, 2.75) is 172 Å². The predicted molar refractivity (Wildman–Crippen MR) is 474 cm³/mol. The summed E-state index contributed by atoms with van der Waals surface area (Å²) in [7, 11) is 1.80. The van der Waals surface area contributed by atoms with E-state index in [4.69, 9.17) is 28.4 Å². The molecule has 0 spiro atoms. The number of halogens is 6. The van der Waals surface area contributed by atoms with Crippen molar-refractivity contribution in [1.29, 1.82) is 0 Å². The molecule has 0 saturated heterocycles. The molecule has 0 aliphatic carbocycles. The highest BCUT2D eigenvalue weighted by Gasteiger charge is 2.34. The molecule has 6 amide bonds. The molecule has 7 heterocycles. The summed E-state index contributed by atoms with van der Waals surface area (Å²) in [5.41, 5.74) is 14.4. The monoisotopic (exact) mass is 1710 g/mol. The van der Waals surface area contributed by atoms with Gasteiger partial charge in [0, 0.05) is 97.9 Å². The fourth-order valence-electron chi connectivity index (χ4n) is 14.0. The smallest absolute Gasteiger partial charge is 0.270 e. The third kappa shape index (κ3) is 27.6. The average Bonchev–Trinajstić information content (AvgIpc) is 1.05. The number of nitrogens with one attached hydrogen (secondary N) is 1. The summed E-state index contributed by atoms with van der Waals surface area (Å²) in [6.07, 6.45) is 13.9. The Kier molecular flexibility index (Phi) is 38.4. The highest BCUT2D eigenvalue weighted by Crippen LogP contribution is 2.33. The Morgan fingerprint density at radius 3 is 1.24 bits per heavy atom. The molecule has 0 unspecified atom stereocenters. The van der Waals surface area contributed by atoms with E-state index in [-0.39, 0.29) is 86.7 Å². The predicted octanol–water partition coefficient (Wildman–Crippen LogP) is 20.7. The van der Waals surface area contributed by atoms with E-state index in [1.54, 1.807) is 72.3 Å². The quantitative estimate of drug-likeness (QED) is 0.0503. The molecule has 1 N–H and O–H groups in total. The molecule has 25 heteroatoms. The molecule has 0 radical (unpaired) electrons. The number of anilines is 1. The van der Waals surface area contributed by atoms with Crippen LogP contribution in [0.4, 0.5) is 32.0 Å². The van der Waals surface area contributed by atoms with Crippen LogP contribution >= 0.6 is 0 Å². The summed E-state index contributed by atoms with van der Waals surface area (Å²) in [5.74, 6) is 4.11. The van der Waals surface area contributed by atoms with E-state index < -0.39 is 0 Å². The molecule has 0 fully saturated rings. The molecule has 19 nitrogen and oxygen atoms in total. The van der Waals surface area contributed by atoms with Gasteiger partial charge in [-0.2, -0.15) is 0 Å². The largest absolute Gasteiger partial charge is 0.489 e. The van der Waals surface area contributed by atoms with Crippen molar-refractivity contribution in [3.8, 4) is 34.5 Å². The van der Waals surface area contributed by atoms with Crippen LogP contribution in [-0.4, -0.2) is 164 Å². The Balaban J connectivity index is 0.000000185. The van der Waals surface area contributed by atoms with Gasteiger partial charge in [0.25, 0.3) is 35.4 Å². The Bertz CT molecular complexity index is 5000. The van der Waals surface area contributed by atoms with Gasteiger partial charge in [-0.05, 0) is 302 Å². The summed E-state index contributed by atoms with van der Waals surface area (Å²) in [6, 6.07) is 39.1. The van der Waals surface area contributed by atoms with Gasteiger partial charge >= 0.3 is 0 Å². The lowest BCUT2D eigenvalue weighted by atomic mass is 9.94. The number of pyridine rings is 1. The second-order valence-corrected chi connectivity index (χ2v) is 31.8. The SMILES string of the molecule is C/C(=C\F)COc1ccc2c(c1)CCN(C)C2=O.CC/C(=C\F)COc1ccc2c(c1)CCN(C(C)(C)C)C2=O.CC/C(=C\F)COc1ccc2c(c1)CCN(C(C)C)C2=O.CC/C(=C\F)COc1cnc2c(c1)CCNC2=O.CCC(=CF)COc1ccc2c(c1)CCCN(CC)C2=O.CCC(=CF)COc1ccc2c(c1)CCN(c1ccccc1)C2=O. The van der Waals surface area contributed by atoms with Crippen LogP contribution in [0.5, 0.6) is 34.5 Å². The molecule has 0 atom stereocenters. The number of hydrogen-bond acceptors (Lipinski definition) is 13. The number of para-hydroxylation sites is 1. The normalized spacial score (nSPS) is 15.3. The zero-order chi connectivity index (χ0) is 90.0. The Labute approximate surface area is 726 Å². The number of carbonyl (C=O) groups excluding carboxylic acids is 6. The van der Waals surface area contributed by atoms with Gasteiger partial charge in [-0.1, -0.05) is 52.8 Å². The van der Waals surface area contributed by atoms with Crippen LogP contribution in [0.2, 0.25) is 0 Å². The van der Waals surface area contributed by atoms with Crippen LogP contribution in [0.15, 0.2) is 205 Å². The molecule has 13 rings (SSSR count). The highest BCUT2D eigenvalue weighted by atomic mass is 19.1. The summed E-state index contributed by atoms with van der Waals surface area (Å²) in [5, 5.41) is 2.73. The molecule has 664 valence electrons. The first-order valence-corrected chi connectivity index (χ1v) is 42.6. The molecule has 6 aliphatic heterocycles. The topological polar surface area (TPSA) is 199 Å². The third-order valence-electron chi connectivity index (χ3n) is 21.9. The first-order valence-electron chi connectivity index (χ1n) is 42.6. The van der Waals surface area contributed by atoms with Gasteiger partial charge in [0.05, 0.1) is 44.2 Å². The number of likely N-dealkylation sites (N-methyl/N-ethyl adjacent to an activating group) is 1. The van der Waals surface area contributed by atoms with Gasteiger partial charge < -0.3 is 58.2 Å². The second-order valence-electron chi connectivity index (χ2n) is 31.8. The second kappa shape index (κ2) is 48.8. The number of aryl methyl sites for hydroxylation is 1. The van der Waals surface area contributed by atoms with Gasteiger partial charge in [-0.3, -0.25) is 28.8 Å². The molecular formula is C99H119F6N7O12. The molecular weight excluding hydrogens is 1590 g/mol. The summed E-state index contributed by atoms with van der Waals surface area (Å²) < 4.78 is 108. The number of rotatable bonds is 26. The van der Waals surface area contributed by atoms with Crippen molar-refractivity contribution in [2.24, 2.45) is 0 Å². The van der Waals surface area contributed by atoms with Crippen LogP contribution in [0.25, 0.3) is 0 Å². The van der Waals surface area contributed by atoms with Gasteiger partial charge in [-0.15, -0.1) is 0 Å². The molecule has 6 aliphatic rings. The van der Waals surface area contributed by atoms with Crippen molar-refractivity contribution < 1.29 is 83.5 Å². The highest BCUT2D eigenvalue weighted by molar-refractivity contribution is 6.08. The minimum absolute atomic E-state index is 0.00639. The van der Waals surface area contributed by atoms with Crippen molar-refractivity contribution >= 4 is 41.1 Å². The zero-order valence-corrected chi connectivity index (χ0v) is 73.8. The van der Waals surface area contributed by atoms with E-state index in [0.717, 1.165) is 132 Å². The minimum atomic E-state index is -0.175. The molecule has 1 aromatic heterocycles. The molecule has 0 bridgehead atoms. The van der Waals surface area contributed by atoms with Gasteiger partial charge in [-0.25, -0.2) is 31.3 Å². The number of nitrogens with zero attached hydrogens (tertiary/aromatic N) is 6. The Hall–Kier alpha value is -11.9. The van der Waals surface area contributed by atoms with Gasteiger partial charge in [0.15, 0.2) is 0 Å². The Morgan fingerprint density at radius 2 is 0.815 bits per heavy atom. The van der Waals surface area contributed by atoms with E-state index in [2.05, 4.69) is 10.3 Å². The first kappa shape index (κ1) is 97.6. The van der Waals surface area contributed by atoms with E-state index in [9.17, 15) is 55.1 Å². The van der Waals surface area contributed by atoms with Gasteiger partial charge in [0.1, 0.15) is 79.8 Å². The van der Waals surface area contributed by atoms with Crippen molar-refractivity contribution in [3.63, 3.8) is 0 Å². The maximum atomic E-state index is 12.7. The number of ether oxygens (including phenoxy) is 6. The molecule has 6 aromatic carbocycles. The summed E-state index contributed by atoms with van der Waals surface area (Å²) in [4.78, 5) is 86.6. The minimum Gasteiger partial charge on any atom is -0.489 e. The van der Waals surface area contributed by atoms with E-state index in [1.165, 1.54) is 6.20 Å². The fraction of sp³-hybridized carbons (Fsp3) is 0.404. The number of carbonyl (C=O) groups is 6. The molecule has 124 heavy (non-hydrogen) atoms. The number of aromatic nitrogens is 1. The van der Waals surface area contributed by atoms with E-state index in [1.807, 2.05) is 170 Å². The third-order valence-corrected chi connectivity index (χ3v) is 21.9. The Morgan fingerprint density at radius 1 is 0.427 bits per heavy atom. The van der Waals surface area contributed by atoms with Crippen LogP contribution in [0, 0.1) is 0 Å². The lowest BCUT2D eigenvalue weighted by Gasteiger charge is -2.39. The maximum Gasteiger partial charge on any atom is 0.270 e. The van der Waals surface area contributed by atoms with Crippen LogP contribution in [0.1, 0.15) is 217 Å². The fourth-order valence-corrected chi connectivity index (χ4v) is 14.0.